The zero-order valence-corrected chi connectivity index (χ0v) is 19.0. The normalized spacial score (nSPS) is 11.2. The van der Waals surface area contributed by atoms with Crippen LogP contribution < -0.4 is 10.1 Å². The summed E-state index contributed by atoms with van der Waals surface area (Å²) in [6.45, 7) is 0. The van der Waals surface area contributed by atoms with Crippen molar-refractivity contribution in [1.29, 1.82) is 0 Å². The van der Waals surface area contributed by atoms with E-state index in [0.29, 0.717) is 22.7 Å². The van der Waals surface area contributed by atoms with Crippen molar-refractivity contribution in [2.75, 3.05) is 12.4 Å². The first-order chi connectivity index (χ1) is 15.5. The Balaban J connectivity index is 1.48. The van der Waals surface area contributed by atoms with Crippen LogP contribution in [-0.4, -0.2) is 23.0 Å². The van der Waals surface area contributed by atoms with Crippen LogP contribution in [-0.2, 0) is 11.2 Å². The Morgan fingerprint density at radius 3 is 2.72 bits per heavy atom. The molecule has 1 N–H and O–H groups in total. The molecule has 0 fully saturated rings. The highest BCUT2D eigenvalue weighted by Gasteiger charge is 2.19. The summed E-state index contributed by atoms with van der Waals surface area (Å²) in [6, 6.07) is 11.6. The fraction of sp³-hybridized carbons (Fsp3) is 0.0870. The molecule has 0 saturated heterocycles. The highest BCUT2D eigenvalue weighted by atomic mass is 35.5. The van der Waals surface area contributed by atoms with Gasteiger partial charge in [0.1, 0.15) is 10.6 Å². The van der Waals surface area contributed by atoms with E-state index in [4.69, 9.17) is 37.3 Å². The van der Waals surface area contributed by atoms with Crippen LogP contribution in [0.3, 0.4) is 0 Å². The van der Waals surface area contributed by atoms with Gasteiger partial charge < -0.3 is 14.5 Å². The Morgan fingerprint density at radius 1 is 1.16 bits per heavy atom. The van der Waals surface area contributed by atoms with Crippen molar-refractivity contribution < 1.29 is 13.9 Å². The van der Waals surface area contributed by atoms with Gasteiger partial charge in [-0.25, -0.2) is 4.98 Å². The average molecular weight is 484 g/mol. The lowest BCUT2D eigenvalue weighted by atomic mass is 10.1. The fourth-order valence-corrected chi connectivity index (χ4v) is 4.84. The minimum atomic E-state index is -0.273. The van der Waals surface area contributed by atoms with E-state index in [1.54, 1.807) is 7.11 Å². The van der Waals surface area contributed by atoms with Crippen LogP contribution in [0.15, 0.2) is 58.6 Å². The molecule has 6 nitrogen and oxygen atoms in total. The molecule has 160 valence electrons. The molecule has 0 aliphatic rings. The number of halogens is 2. The fourth-order valence-electron chi connectivity index (χ4n) is 3.53. The van der Waals surface area contributed by atoms with Gasteiger partial charge in [-0.05, 0) is 18.2 Å². The standard InChI is InChI=1S/C23H15Cl2N3O3S/c1-30-18-7-6-14(20-13-4-2-3-5-17(13)31-22(18)20)23-27-12(11-32-23)8-19(29)28-21-15(24)9-26-10-16(21)25/h2-7,9-11H,8H2,1H3,(H,26,28,29). The number of hydrogen-bond donors (Lipinski definition) is 1. The Hall–Kier alpha value is -3.13. The molecule has 0 bridgehead atoms. The summed E-state index contributed by atoms with van der Waals surface area (Å²) >= 11 is 13.6. The molecule has 0 atom stereocenters. The van der Waals surface area contributed by atoms with E-state index in [1.165, 1.54) is 23.7 Å². The van der Waals surface area contributed by atoms with Crippen molar-refractivity contribution >= 4 is 68.1 Å². The molecule has 3 aromatic heterocycles. The third kappa shape index (κ3) is 3.68. The number of para-hydroxylation sites is 1. The monoisotopic (exact) mass is 483 g/mol. The van der Waals surface area contributed by atoms with Crippen molar-refractivity contribution in [3.05, 3.63) is 69.9 Å². The number of thiazole rings is 1. The molecular weight excluding hydrogens is 469 g/mol. The van der Waals surface area contributed by atoms with Crippen LogP contribution in [0.5, 0.6) is 5.75 Å². The molecule has 0 saturated carbocycles. The van der Waals surface area contributed by atoms with Gasteiger partial charge >= 0.3 is 0 Å². The molecule has 3 heterocycles. The predicted molar refractivity (Wildman–Crippen MR) is 128 cm³/mol. The molecule has 0 unspecified atom stereocenters. The maximum absolute atomic E-state index is 12.5. The molecule has 5 aromatic rings. The number of nitrogens with one attached hydrogen (secondary N) is 1. The van der Waals surface area contributed by atoms with Gasteiger partial charge in [-0.2, -0.15) is 0 Å². The highest BCUT2D eigenvalue weighted by molar-refractivity contribution is 7.13. The lowest BCUT2D eigenvalue weighted by Gasteiger charge is -2.07. The van der Waals surface area contributed by atoms with E-state index < -0.39 is 0 Å². The lowest BCUT2D eigenvalue weighted by molar-refractivity contribution is -0.115. The molecular formula is C23H15Cl2N3O3S. The number of ether oxygens (including phenoxy) is 1. The predicted octanol–water partition coefficient (Wildman–Crippen LogP) is 6.60. The SMILES string of the molecule is COc1ccc(-c2nc(CC(=O)Nc3c(Cl)cncc3Cl)cs2)c2c1oc1ccccc12. The van der Waals surface area contributed by atoms with Crippen LogP contribution in [0.2, 0.25) is 10.0 Å². The molecule has 0 aliphatic heterocycles. The Kier molecular flexibility index (Phi) is 5.46. The summed E-state index contributed by atoms with van der Waals surface area (Å²) in [5.41, 5.74) is 3.34. The molecule has 2 aromatic carbocycles. The van der Waals surface area contributed by atoms with Crippen molar-refractivity contribution in [3.63, 3.8) is 0 Å². The number of anilines is 1. The summed E-state index contributed by atoms with van der Waals surface area (Å²) in [5, 5.41) is 7.84. The zero-order valence-electron chi connectivity index (χ0n) is 16.7. The van der Waals surface area contributed by atoms with Gasteiger partial charge in [-0.1, -0.05) is 41.4 Å². The van der Waals surface area contributed by atoms with Crippen LogP contribution in [0.4, 0.5) is 5.69 Å². The van der Waals surface area contributed by atoms with Gasteiger partial charge in [0.2, 0.25) is 5.91 Å². The minimum absolute atomic E-state index is 0.0803. The maximum atomic E-state index is 12.5. The summed E-state index contributed by atoms with van der Waals surface area (Å²) < 4.78 is 11.5. The topological polar surface area (TPSA) is 77.2 Å². The number of pyridine rings is 1. The summed E-state index contributed by atoms with van der Waals surface area (Å²) in [5.74, 6) is 0.382. The van der Waals surface area contributed by atoms with Crippen molar-refractivity contribution in [3.8, 4) is 16.3 Å². The highest BCUT2D eigenvalue weighted by Crippen LogP contribution is 2.41. The molecule has 9 heteroatoms. The lowest BCUT2D eigenvalue weighted by Crippen LogP contribution is -2.15. The summed E-state index contributed by atoms with van der Waals surface area (Å²) in [7, 11) is 1.61. The van der Waals surface area contributed by atoms with Gasteiger partial charge in [-0.15, -0.1) is 11.3 Å². The van der Waals surface area contributed by atoms with Gasteiger partial charge in [-0.3, -0.25) is 9.78 Å². The molecule has 0 radical (unpaired) electrons. The summed E-state index contributed by atoms with van der Waals surface area (Å²) in [6.07, 6.45) is 2.93. The largest absolute Gasteiger partial charge is 0.493 e. The minimum Gasteiger partial charge on any atom is -0.493 e. The van der Waals surface area contributed by atoms with E-state index in [0.717, 1.165) is 26.9 Å². The van der Waals surface area contributed by atoms with E-state index in [1.807, 2.05) is 41.8 Å². The number of furan rings is 1. The molecule has 0 spiro atoms. The first-order valence-corrected chi connectivity index (χ1v) is 11.2. The number of rotatable bonds is 5. The van der Waals surface area contributed by atoms with E-state index in [2.05, 4.69) is 10.3 Å². The smallest absolute Gasteiger partial charge is 0.230 e. The zero-order chi connectivity index (χ0) is 22.2. The molecule has 32 heavy (non-hydrogen) atoms. The third-order valence-electron chi connectivity index (χ3n) is 4.95. The first kappa shape index (κ1) is 20.8. The van der Waals surface area contributed by atoms with Gasteiger partial charge in [0, 0.05) is 34.1 Å². The number of amides is 1. The van der Waals surface area contributed by atoms with E-state index >= 15 is 0 Å². The Morgan fingerprint density at radius 2 is 1.94 bits per heavy atom. The number of hydrogen-bond acceptors (Lipinski definition) is 6. The number of nitrogens with zero attached hydrogens (tertiary/aromatic N) is 2. The number of fused-ring (bicyclic) bond motifs is 3. The number of aromatic nitrogens is 2. The molecule has 1 amide bonds. The maximum Gasteiger partial charge on any atom is 0.230 e. The second-order valence-corrected chi connectivity index (χ2v) is 8.64. The quantitative estimate of drug-likeness (QED) is 0.304. The van der Waals surface area contributed by atoms with Crippen molar-refractivity contribution in [1.82, 2.24) is 9.97 Å². The van der Waals surface area contributed by atoms with Crippen LogP contribution in [0.25, 0.3) is 32.5 Å². The van der Waals surface area contributed by atoms with Gasteiger partial charge in [0.05, 0.1) is 35.0 Å². The molecule has 5 rings (SSSR count). The number of methoxy groups -OCH3 is 1. The second-order valence-electron chi connectivity index (χ2n) is 6.96. The Bertz CT molecular complexity index is 1460. The number of benzene rings is 2. The average Bonchev–Trinajstić information content (AvgIpc) is 3.40. The number of carbonyl (C=O) groups excluding carboxylic acids is 1. The van der Waals surface area contributed by atoms with Gasteiger partial charge in [0.25, 0.3) is 0 Å². The van der Waals surface area contributed by atoms with Crippen molar-refractivity contribution in [2.24, 2.45) is 0 Å². The van der Waals surface area contributed by atoms with E-state index in [9.17, 15) is 4.79 Å². The molecule has 0 aliphatic carbocycles. The van der Waals surface area contributed by atoms with Crippen LogP contribution >= 0.6 is 34.5 Å². The van der Waals surface area contributed by atoms with Crippen LogP contribution in [0, 0.1) is 0 Å². The summed E-state index contributed by atoms with van der Waals surface area (Å²) in [4.78, 5) is 21.1. The van der Waals surface area contributed by atoms with Gasteiger partial charge in [0.15, 0.2) is 11.3 Å². The van der Waals surface area contributed by atoms with Crippen LogP contribution in [0.1, 0.15) is 5.69 Å². The first-order valence-electron chi connectivity index (χ1n) is 9.57. The van der Waals surface area contributed by atoms with E-state index in [-0.39, 0.29) is 22.4 Å². The second kappa shape index (κ2) is 8.43. The Labute approximate surface area is 196 Å². The van der Waals surface area contributed by atoms with Crippen molar-refractivity contribution in [2.45, 2.75) is 6.42 Å². The third-order valence-corrected chi connectivity index (χ3v) is 6.45. The number of carbonyl (C=O) groups is 1.